The zero-order valence-electron chi connectivity index (χ0n) is 8.95. The van der Waals surface area contributed by atoms with Gasteiger partial charge in [-0.25, -0.2) is 4.79 Å². The summed E-state index contributed by atoms with van der Waals surface area (Å²) < 4.78 is 5.30. The Kier molecular flexibility index (Phi) is 4.20. The maximum absolute atomic E-state index is 11.3. The van der Waals surface area contributed by atoms with Crippen molar-refractivity contribution in [2.45, 2.75) is 45.3 Å². The molecule has 82 valence electrons. The molecule has 1 aliphatic rings. The Hall–Kier alpha value is -0.770. The third-order valence-corrected chi connectivity index (χ3v) is 2.56. The molecule has 0 aromatic rings. The molecule has 1 fully saturated rings. The maximum Gasteiger partial charge on any atom is 0.407 e. The van der Waals surface area contributed by atoms with Crippen LogP contribution in [0.1, 0.15) is 33.1 Å². The van der Waals surface area contributed by atoms with Gasteiger partial charge in [0.05, 0.1) is 0 Å². The second kappa shape index (κ2) is 5.20. The minimum atomic E-state index is -0.314. The molecule has 14 heavy (non-hydrogen) atoms. The van der Waals surface area contributed by atoms with Gasteiger partial charge in [-0.2, -0.15) is 0 Å². The molecule has 3 N–H and O–H groups in total. The topological polar surface area (TPSA) is 64.3 Å². The lowest BCUT2D eigenvalue weighted by Crippen LogP contribution is -2.36. The first-order valence-corrected chi connectivity index (χ1v) is 5.30. The molecule has 4 nitrogen and oxygen atoms in total. The van der Waals surface area contributed by atoms with Crippen LogP contribution in [0.5, 0.6) is 0 Å². The van der Waals surface area contributed by atoms with Gasteiger partial charge in [0.25, 0.3) is 0 Å². The maximum atomic E-state index is 11.3. The highest BCUT2D eigenvalue weighted by molar-refractivity contribution is 5.67. The summed E-state index contributed by atoms with van der Waals surface area (Å²) in [6, 6.07) is 0.125. The van der Waals surface area contributed by atoms with Gasteiger partial charge >= 0.3 is 6.09 Å². The van der Waals surface area contributed by atoms with Gasteiger partial charge in [0.1, 0.15) is 6.10 Å². The zero-order chi connectivity index (χ0) is 10.6. The molecule has 1 aliphatic carbocycles. The van der Waals surface area contributed by atoms with Crippen molar-refractivity contribution in [2.75, 3.05) is 6.54 Å². The predicted molar refractivity (Wildman–Crippen MR) is 54.9 cm³/mol. The first kappa shape index (κ1) is 11.3. The number of nitrogens with one attached hydrogen (secondary N) is 1. The van der Waals surface area contributed by atoms with Gasteiger partial charge in [0.15, 0.2) is 0 Å². The molecule has 0 bridgehead atoms. The number of rotatable bonds is 3. The Labute approximate surface area is 85.2 Å². The van der Waals surface area contributed by atoms with E-state index >= 15 is 0 Å². The quantitative estimate of drug-likeness (QED) is 0.720. The lowest BCUT2D eigenvalue weighted by molar-refractivity contribution is 0.0761. The van der Waals surface area contributed by atoms with E-state index in [9.17, 15) is 4.79 Å². The van der Waals surface area contributed by atoms with Crippen LogP contribution in [0, 0.1) is 5.92 Å². The minimum absolute atomic E-state index is 0.0266. The molecule has 0 aromatic heterocycles. The fourth-order valence-corrected chi connectivity index (χ4v) is 1.83. The van der Waals surface area contributed by atoms with Crippen LogP contribution in [-0.4, -0.2) is 24.8 Å². The molecule has 1 saturated carbocycles. The monoisotopic (exact) mass is 200 g/mol. The Morgan fingerprint density at radius 1 is 1.57 bits per heavy atom. The van der Waals surface area contributed by atoms with Crippen molar-refractivity contribution in [3.8, 4) is 0 Å². The van der Waals surface area contributed by atoms with E-state index in [0.29, 0.717) is 12.5 Å². The smallest absolute Gasteiger partial charge is 0.407 e. The predicted octanol–water partition coefficient (Wildman–Crippen LogP) is 1.25. The molecule has 0 aromatic carbocycles. The second-order valence-corrected chi connectivity index (χ2v) is 4.17. The van der Waals surface area contributed by atoms with E-state index in [2.05, 4.69) is 5.32 Å². The molecule has 0 saturated heterocycles. The van der Waals surface area contributed by atoms with E-state index < -0.39 is 0 Å². The number of carbonyl (C=O) groups excluding carboxylic acids is 1. The van der Waals surface area contributed by atoms with Gasteiger partial charge in [-0.15, -0.1) is 0 Å². The molecule has 0 aliphatic heterocycles. The van der Waals surface area contributed by atoms with Gasteiger partial charge in [-0.3, -0.25) is 0 Å². The molecular weight excluding hydrogens is 180 g/mol. The van der Waals surface area contributed by atoms with E-state index in [-0.39, 0.29) is 18.2 Å². The van der Waals surface area contributed by atoms with E-state index in [1.165, 1.54) is 0 Å². The number of hydrogen-bond acceptors (Lipinski definition) is 3. The van der Waals surface area contributed by atoms with Gasteiger partial charge < -0.3 is 15.8 Å². The number of carbonyl (C=O) groups is 1. The Balaban J connectivity index is 2.32. The highest BCUT2D eigenvalue weighted by atomic mass is 16.6. The second-order valence-electron chi connectivity index (χ2n) is 4.17. The van der Waals surface area contributed by atoms with Crippen LogP contribution in [0.4, 0.5) is 4.79 Å². The fraction of sp³-hybridized carbons (Fsp3) is 0.900. The highest BCUT2D eigenvalue weighted by Gasteiger charge is 2.29. The summed E-state index contributed by atoms with van der Waals surface area (Å²) in [7, 11) is 0. The third-order valence-electron chi connectivity index (χ3n) is 2.56. The highest BCUT2D eigenvalue weighted by Crippen LogP contribution is 2.27. The number of ether oxygens (including phenoxy) is 1. The van der Waals surface area contributed by atoms with Gasteiger partial charge in [0, 0.05) is 12.0 Å². The minimum Gasteiger partial charge on any atom is -0.446 e. The first-order chi connectivity index (χ1) is 6.63. The van der Waals surface area contributed by atoms with Gasteiger partial charge in [-0.05, 0) is 39.7 Å². The molecule has 1 amide bonds. The molecule has 0 radical (unpaired) electrons. The third kappa shape index (κ3) is 3.18. The number of amides is 1. The van der Waals surface area contributed by atoms with Crippen LogP contribution in [0.15, 0.2) is 0 Å². The van der Waals surface area contributed by atoms with Crippen molar-refractivity contribution in [1.29, 1.82) is 0 Å². The Morgan fingerprint density at radius 2 is 2.29 bits per heavy atom. The van der Waals surface area contributed by atoms with Crippen molar-refractivity contribution >= 4 is 6.09 Å². The SMILES string of the molecule is CC(C)NC(=O)OC1CCCC1CN. The largest absolute Gasteiger partial charge is 0.446 e. The summed E-state index contributed by atoms with van der Waals surface area (Å²) in [4.78, 5) is 11.3. The molecular formula is C10H20N2O2. The Morgan fingerprint density at radius 3 is 2.86 bits per heavy atom. The van der Waals surface area contributed by atoms with Crippen LogP contribution in [0.3, 0.4) is 0 Å². The molecule has 2 unspecified atom stereocenters. The average molecular weight is 200 g/mol. The van der Waals surface area contributed by atoms with Gasteiger partial charge in [0.2, 0.25) is 0 Å². The normalized spacial score (nSPS) is 26.6. The van der Waals surface area contributed by atoms with E-state index in [1.807, 2.05) is 13.8 Å². The summed E-state index contributed by atoms with van der Waals surface area (Å²) in [5, 5.41) is 2.71. The first-order valence-electron chi connectivity index (χ1n) is 5.30. The molecule has 1 rings (SSSR count). The fourth-order valence-electron chi connectivity index (χ4n) is 1.83. The van der Waals surface area contributed by atoms with Crippen LogP contribution in [0.2, 0.25) is 0 Å². The number of nitrogens with two attached hydrogens (primary N) is 1. The molecule has 0 spiro atoms. The summed E-state index contributed by atoms with van der Waals surface area (Å²) in [5.74, 6) is 0.355. The standard InChI is InChI=1S/C10H20N2O2/c1-7(2)12-10(13)14-9-5-3-4-8(9)6-11/h7-9H,3-6,11H2,1-2H3,(H,12,13). The number of hydrogen-bond donors (Lipinski definition) is 2. The van der Waals surface area contributed by atoms with Crippen LogP contribution in [0.25, 0.3) is 0 Å². The van der Waals surface area contributed by atoms with Crippen molar-refractivity contribution < 1.29 is 9.53 Å². The average Bonchev–Trinajstić information content (AvgIpc) is 2.50. The van der Waals surface area contributed by atoms with Gasteiger partial charge in [-0.1, -0.05) is 0 Å². The molecule has 4 heteroatoms. The summed E-state index contributed by atoms with van der Waals surface area (Å²) in [5.41, 5.74) is 5.59. The lowest BCUT2D eigenvalue weighted by Gasteiger charge is -2.19. The van der Waals surface area contributed by atoms with E-state index in [0.717, 1.165) is 19.3 Å². The number of alkyl carbamates (subject to hydrolysis) is 1. The zero-order valence-corrected chi connectivity index (χ0v) is 8.95. The van der Waals surface area contributed by atoms with Crippen LogP contribution in [-0.2, 0) is 4.74 Å². The van der Waals surface area contributed by atoms with Crippen molar-refractivity contribution in [3.05, 3.63) is 0 Å². The summed E-state index contributed by atoms with van der Waals surface area (Å²) in [6.45, 7) is 4.44. The summed E-state index contributed by atoms with van der Waals surface area (Å²) >= 11 is 0. The molecule has 2 atom stereocenters. The van der Waals surface area contributed by atoms with E-state index in [1.54, 1.807) is 0 Å². The summed E-state index contributed by atoms with van der Waals surface area (Å²) in [6.07, 6.45) is 2.86. The van der Waals surface area contributed by atoms with E-state index in [4.69, 9.17) is 10.5 Å². The van der Waals surface area contributed by atoms with Crippen LogP contribution < -0.4 is 11.1 Å². The van der Waals surface area contributed by atoms with Crippen molar-refractivity contribution in [1.82, 2.24) is 5.32 Å². The lowest BCUT2D eigenvalue weighted by atomic mass is 10.1. The van der Waals surface area contributed by atoms with Crippen molar-refractivity contribution in [2.24, 2.45) is 11.7 Å². The van der Waals surface area contributed by atoms with Crippen molar-refractivity contribution in [3.63, 3.8) is 0 Å². The van der Waals surface area contributed by atoms with Crippen LogP contribution >= 0.6 is 0 Å². The Bertz CT molecular complexity index is 195. The molecule has 0 heterocycles.